The molecule has 0 atom stereocenters. The largest absolute Gasteiger partial charge is 0.386 e. The minimum absolute atomic E-state index is 0.411. The second-order valence-electron chi connectivity index (χ2n) is 3.96. The molecule has 13 heavy (non-hydrogen) atoms. The van der Waals surface area contributed by atoms with Crippen LogP contribution in [0.3, 0.4) is 0 Å². The Balaban J connectivity index is 1.68. The first-order chi connectivity index (χ1) is 6.28. The van der Waals surface area contributed by atoms with Crippen LogP contribution in [-0.2, 0) is 0 Å². The van der Waals surface area contributed by atoms with Gasteiger partial charge in [0.2, 0.25) is 5.13 Å². The van der Waals surface area contributed by atoms with E-state index in [4.69, 9.17) is 0 Å². The Morgan fingerprint density at radius 2 is 2.31 bits per heavy atom. The van der Waals surface area contributed by atoms with Gasteiger partial charge in [-0.25, -0.2) is 4.98 Å². The van der Waals surface area contributed by atoms with E-state index in [9.17, 15) is 5.11 Å². The lowest BCUT2D eigenvalue weighted by Gasteiger charge is -2.46. The van der Waals surface area contributed by atoms with Gasteiger partial charge in [0.15, 0.2) is 0 Å². The van der Waals surface area contributed by atoms with E-state index < -0.39 is 5.60 Å². The van der Waals surface area contributed by atoms with Gasteiger partial charge < -0.3 is 10.0 Å². The molecule has 0 aromatic carbocycles. The number of rotatable bonds is 2. The first kappa shape index (κ1) is 7.70. The highest BCUT2D eigenvalue weighted by Crippen LogP contribution is 2.45. The second-order valence-corrected chi connectivity index (χ2v) is 4.72. The fraction of sp³-hybridized carbons (Fsp3) is 0.750. The molecule has 4 nitrogen and oxygen atoms in total. The van der Waals surface area contributed by atoms with Crippen LogP contribution in [0.4, 0.5) is 5.13 Å². The average molecular weight is 197 g/mol. The number of hydrogen-bond donors (Lipinski definition) is 1. The van der Waals surface area contributed by atoms with E-state index in [2.05, 4.69) is 14.3 Å². The van der Waals surface area contributed by atoms with Crippen LogP contribution < -0.4 is 4.90 Å². The summed E-state index contributed by atoms with van der Waals surface area (Å²) in [7, 11) is 0. The van der Waals surface area contributed by atoms with Gasteiger partial charge in [-0.15, -0.1) is 0 Å². The zero-order valence-corrected chi connectivity index (χ0v) is 8.00. The number of hydrogen-bond acceptors (Lipinski definition) is 5. The fourth-order valence-electron chi connectivity index (χ4n) is 1.94. The van der Waals surface area contributed by atoms with Gasteiger partial charge in [-0.05, 0) is 18.8 Å². The van der Waals surface area contributed by atoms with Crippen molar-refractivity contribution in [3.05, 3.63) is 6.33 Å². The third-order valence-corrected chi connectivity index (χ3v) is 3.61. The van der Waals surface area contributed by atoms with E-state index in [0.29, 0.717) is 5.92 Å². The standard InChI is InChI=1S/C8H11N3OS/c12-8(6-1-2-6)3-11(4-8)7-9-5-10-13-7/h5-6,12H,1-4H2. The van der Waals surface area contributed by atoms with Crippen LogP contribution in [0.25, 0.3) is 0 Å². The van der Waals surface area contributed by atoms with Crippen LogP contribution in [0.2, 0.25) is 0 Å². The minimum atomic E-state index is -0.411. The summed E-state index contributed by atoms with van der Waals surface area (Å²) in [4.78, 5) is 6.20. The molecular formula is C8H11N3OS. The van der Waals surface area contributed by atoms with Gasteiger partial charge >= 0.3 is 0 Å². The van der Waals surface area contributed by atoms with Crippen molar-refractivity contribution in [1.29, 1.82) is 0 Å². The van der Waals surface area contributed by atoms with Crippen LogP contribution in [-0.4, -0.2) is 33.2 Å². The molecule has 0 spiro atoms. The molecule has 5 heteroatoms. The fourth-order valence-corrected chi connectivity index (χ4v) is 2.46. The summed E-state index contributed by atoms with van der Waals surface area (Å²) >= 11 is 1.39. The third kappa shape index (κ3) is 1.14. The number of nitrogens with zero attached hydrogens (tertiary/aromatic N) is 3. The van der Waals surface area contributed by atoms with Gasteiger partial charge in [0.1, 0.15) is 11.9 Å². The predicted octanol–water partition coefficient (Wildman–Crippen LogP) is 0.499. The van der Waals surface area contributed by atoms with Crippen LogP contribution in [0.5, 0.6) is 0 Å². The molecule has 1 N–H and O–H groups in total. The lowest BCUT2D eigenvalue weighted by molar-refractivity contribution is -0.00931. The minimum Gasteiger partial charge on any atom is -0.386 e. The lowest BCUT2D eigenvalue weighted by Crippen LogP contribution is -2.63. The number of aliphatic hydroxyl groups is 1. The molecule has 1 saturated heterocycles. The SMILES string of the molecule is OC1(C2CC2)CN(c2ncns2)C1. The smallest absolute Gasteiger partial charge is 0.205 e. The average Bonchev–Trinajstić information content (AvgIpc) is 2.77. The molecule has 1 aliphatic heterocycles. The Morgan fingerprint density at radius 1 is 1.54 bits per heavy atom. The molecule has 2 heterocycles. The molecule has 2 fully saturated rings. The first-order valence-corrected chi connectivity index (χ1v) is 5.29. The highest BCUT2D eigenvalue weighted by molar-refractivity contribution is 7.09. The first-order valence-electron chi connectivity index (χ1n) is 4.52. The molecule has 3 rings (SSSR count). The van der Waals surface area contributed by atoms with Crippen LogP contribution >= 0.6 is 11.5 Å². The van der Waals surface area contributed by atoms with E-state index in [0.717, 1.165) is 18.2 Å². The quantitative estimate of drug-likeness (QED) is 0.750. The van der Waals surface area contributed by atoms with E-state index in [1.165, 1.54) is 24.4 Å². The Labute approximate surface area is 80.4 Å². The monoisotopic (exact) mass is 197 g/mol. The zero-order chi connectivity index (χ0) is 8.89. The highest BCUT2D eigenvalue weighted by atomic mass is 32.1. The summed E-state index contributed by atoms with van der Waals surface area (Å²) in [6.45, 7) is 1.49. The Bertz CT molecular complexity index is 303. The molecule has 0 bridgehead atoms. The summed E-state index contributed by atoms with van der Waals surface area (Å²) in [6, 6.07) is 0. The molecule has 2 aliphatic rings. The van der Waals surface area contributed by atoms with E-state index in [1.807, 2.05) is 0 Å². The topological polar surface area (TPSA) is 49.2 Å². The van der Waals surface area contributed by atoms with Crippen LogP contribution in [0.15, 0.2) is 6.33 Å². The van der Waals surface area contributed by atoms with Gasteiger partial charge in [-0.1, -0.05) is 0 Å². The van der Waals surface area contributed by atoms with Gasteiger partial charge in [0.25, 0.3) is 0 Å². The molecule has 70 valence electrons. The maximum Gasteiger partial charge on any atom is 0.205 e. The molecule has 0 radical (unpaired) electrons. The summed E-state index contributed by atoms with van der Waals surface area (Å²) in [6.07, 6.45) is 3.95. The second kappa shape index (κ2) is 2.42. The van der Waals surface area contributed by atoms with Crippen molar-refractivity contribution in [1.82, 2.24) is 9.36 Å². The number of anilines is 1. The number of aromatic nitrogens is 2. The number of β-amino-alcohol motifs (C(OH)–C–C–N with tert-alkyl or cyclic N) is 1. The normalized spacial score (nSPS) is 25.8. The highest BCUT2D eigenvalue weighted by Gasteiger charge is 2.52. The van der Waals surface area contributed by atoms with Gasteiger partial charge in [-0.2, -0.15) is 4.37 Å². The van der Waals surface area contributed by atoms with Crippen LogP contribution in [0, 0.1) is 5.92 Å². The van der Waals surface area contributed by atoms with E-state index >= 15 is 0 Å². The third-order valence-electron chi connectivity index (χ3n) is 2.89. The summed E-state index contributed by atoms with van der Waals surface area (Å²) in [5, 5.41) is 11.0. The van der Waals surface area contributed by atoms with Crippen molar-refractivity contribution in [2.24, 2.45) is 5.92 Å². The zero-order valence-electron chi connectivity index (χ0n) is 7.18. The van der Waals surface area contributed by atoms with Gasteiger partial charge in [0, 0.05) is 11.5 Å². The van der Waals surface area contributed by atoms with Crippen molar-refractivity contribution in [2.75, 3.05) is 18.0 Å². The van der Waals surface area contributed by atoms with E-state index in [-0.39, 0.29) is 0 Å². The van der Waals surface area contributed by atoms with Crippen molar-refractivity contribution in [3.63, 3.8) is 0 Å². The lowest BCUT2D eigenvalue weighted by atomic mass is 9.89. The summed E-state index contributed by atoms with van der Waals surface area (Å²) in [5.41, 5.74) is -0.411. The van der Waals surface area contributed by atoms with Gasteiger partial charge in [0.05, 0.1) is 13.1 Å². The summed E-state index contributed by atoms with van der Waals surface area (Å²) < 4.78 is 3.94. The molecular weight excluding hydrogens is 186 g/mol. The maximum atomic E-state index is 10.0. The maximum absolute atomic E-state index is 10.0. The van der Waals surface area contributed by atoms with Crippen molar-refractivity contribution < 1.29 is 5.11 Å². The van der Waals surface area contributed by atoms with Gasteiger partial charge in [-0.3, -0.25) is 0 Å². The van der Waals surface area contributed by atoms with Crippen molar-refractivity contribution in [2.45, 2.75) is 18.4 Å². The van der Waals surface area contributed by atoms with Crippen molar-refractivity contribution in [3.8, 4) is 0 Å². The molecule has 0 amide bonds. The van der Waals surface area contributed by atoms with Crippen LogP contribution in [0.1, 0.15) is 12.8 Å². The molecule has 1 aliphatic carbocycles. The Kier molecular flexibility index (Phi) is 1.43. The molecule has 1 saturated carbocycles. The molecule has 1 aromatic rings. The Hall–Kier alpha value is -0.680. The molecule has 1 aromatic heterocycles. The summed E-state index contributed by atoms with van der Waals surface area (Å²) in [5.74, 6) is 0.552. The van der Waals surface area contributed by atoms with E-state index in [1.54, 1.807) is 6.33 Å². The Morgan fingerprint density at radius 3 is 2.85 bits per heavy atom. The van der Waals surface area contributed by atoms with Crippen molar-refractivity contribution >= 4 is 16.7 Å². The predicted molar refractivity (Wildman–Crippen MR) is 49.8 cm³/mol. The molecule has 0 unspecified atom stereocenters.